The summed E-state index contributed by atoms with van der Waals surface area (Å²) in [6, 6.07) is 11.9. The van der Waals surface area contributed by atoms with Crippen LogP contribution in [0.2, 0.25) is 0 Å². The highest BCUT2D eigenvalue weighted by Crippen LogP contribution is 2.18. The van der Waals surface area contributed by atoms with Crippen molar-refractivity contribution in [2.75, 3.05) is 11.9 Å². The highest BCUT2D eigenvalue weighted by molar-refractivity contribution is 9.10. The van der Waals surface area contributed by atoms with Gasteiger partial charge in [0, 0.05) is 12.0 Å². The maximum absolute atomic E-state index is 9.58. The molecule has 1 aromatic carbocycles. The van der Waals surface area contributed by atoms with Crippen LogP contribution in [0.4, 0.5) is 5.82 Å². The lowest BCUT2D eigenvalue weighted by Crippen LogP contribution is -2.27. The first-order valence-corrected chi connectivity index (χ1v) is 7.83. The lowest BCUT2D eigenvalue weighted by atomic mass is 10.1. The van der Waals surface area contributed by atoms with Crippen LogP contribution in [0.1, 0.15) is 31.2 Å². The van der Waals surface area contributed by atoms with E-state index >= 15 is 0 Å². The third kappa shape index (κ3) is 4.79. The number of rotatable bonds is 6. The third-order valence-corrected chi connectivity index (χ3v) is 3.53. The topological polar surface area (TPSA) is 58.0 Å². The van der Waals surface area contributed by atoms with Gasteiger partial charge in [0.05, 0.1) is 12.6 Å². The molecule has 5 heteroatoms. The van der Waals surface area contributed by atoms with Crippen molar-refractivity contribution in [1.29, 1.82) is 0 Å². The number of aliphatic hydroxyl groups is 1. The normalized spacial score (nSPS) is 12.4. The Morgan fingerprint density at radius 3 is 2.52 bits per heavy atom. The molecule has 0 saturated carbocycles. The number of nitrogens with one attached hydrogen (secondary N) is 1. The van der Waals surface area contributed by atoms with Gasteiger partial charge in [-0.1, -0.05) is 44.2 Å². The van der Waals surface area contributed by atoms with Crippen molar-refractivity contribution in [3.05, 3.63) is 52.4 Å². The Hall–Kier alpha value is -1.46. The predicted octanol–water partition coefficient (Wildman–Crippen LogP) is 3.38. The number of aliphatic hydroxyl groups excluding tert-OH is 1. The van der Waals surface area contributed by atoms with Crippen LogP contribution in [0.5, 0.6) is 0 Å². The summed E-state index contributed by atoms with van der Waals surface area (Å²) in [6.45, 7) is 4.16. The number of anilines is 1. The molecule has 0 spiro atoms. The second-order valence-corrected chi connectivity index (χ2v) is 6.11. The maximum atomic E-state index is 9.58. The van der Waals surface area contributed by atoms with Gasteiger partial charge in [-0.25, -0.2) is 9.97 Å². The van der Waals surface area contributed by atoms with Crippen LogP contribution in [0.15, 0.2) is 41.0 Å². The molecule has 2 aromatic rings. The van der Waals surface area contributed by atoms with Crippen molar-refractivity contribution in [2.24, 2.45) is 0 Å². The molecular weight excluding hydrogens is 330 g/mol. The van der Waals surface area contributed by atoms with Gasteiger partial charge in [0.2, 0.25) is 0 Å². The molecule has 0 aliphatic carbocycles. The van der Waals surface area contributed by atoms with Crippen LogP contribution >= 0.6 is 15.9 Å². The van der Waals surface area contributed by atoms with Gasteiger partial charge in [0.1, 0.15) is 16.2 Å². The number of hydrogen-bond acceptors (Lipinski definition) is 4. The highest BCUT2D eigenvalue weighted by Gasteiger charge is 2.12. The zero-order chi connectivity index (χ0) is 15.2. The molecule has 0 radical (unpaired) electrons. The summed E-state index contributed by atoms with van der Waals surface area (Å²) in [5.74, 6) is 1.77. The van der Waals surface area contributed by atoms with Gasteiger partial charge < -0.3 is 10.4 Å². The molecule has 2 N–H and O–H groups in total. The fourth-order valence-electron chi connectivity index (χ4n) is 2.04. The van der Waals surface area contributed by atoms with E-state index < -0.39 is 0 Å². The summed E-state index contributed by atoms with van der Waals surface area (Å²) in [5, 5.41) is 12.9. The van der Waals surface area contributed by atoms with Crippen LogP contribution in [-0.4, -0.2) is 27.7 Å². The SMILES string of the molecule is CC(C)c1nc(Br)cc(NC(CO)Cc2ccccc2)n1. The fourth-order valence-corrected chi connectivity index (χ4v) is 2.43. The minimum atomic E-state index is -0.0748. The minimum Gasteiger partial charge on any atom is -0.394 e. The predicted molar refractivity (Wildman–Crippen MR) is 88.5 cm³/mol. The zero-order valence-corrected chi connectivity index (χ0v) is 13.8. The molecule has 0 bridgehead atoms. The monoisotopic (exact) mass is 349 g/mol. The first-order valence-electron chi connectivity index (χ1n) is 7.04. The smallest absolute Gasteiger partial charge is 0.134 e. The van der Waals surface area contributed by atoms with Gasteiger partial charge in [-0.3, -0.25) is 0 Å². The molecule has 1 atom stereocenters. The average molecular weight is 350 g/mol. The van der Waals surface area contributed by atoms with E-state index in [-0.39, 0.29) is 18.6 Å². The van der Waals surface area contributed by atoms with Gasteiger partial charge in [0.25, 0.3) is 0 Å². The van der Waals surface area contributed by atoms with E-state index in [0.717, 1.165) is 22.7 Å². The number of nitrogens with zero attached hydrogens (tertiary/aromatic N) is 2. The third-order valence-electron chi connectivity index (χ3n) is 3.13. The molecule has 2 rings (SSSR count). The van der Waals surface area contributed by atoms with Gasteiger partial charge in [-0.15, -0.1) is 0 Å². The van der Waals surface area contributed by atoms with E-state index in [4.69, 9.17) is 0 Å². The number of halogens is 1. The highest BCUT2D eigenvalue weighted by atomic mass is 79.9. The van der Waals surface area contributed by atoms with Crippen LogP contribution in [-0.2, 0) is 6.42 Å². The Morgan fingerprint density at radius 2 is 1.90 bits per heavy atom. The minimum absolute atomic E-state index is 0.0491. The Bertz CT molecular complexity index is 575. The van der Waals surface area contributed by atoms with E-state index in [1.165, 1.54) is 5.56 Å². The molecule has 21 heavy (non-hydrogen) atoms. The number of hydrogen-bond donors (Lipinski definition) is 2. The fraction of sp³-hybridized carbons (Fsp3) is 0.375. The van der Waals surface area contributed by atoms with Crippen molar-refractivity contribution < 1.29 is 5.11 Å². The van der Waals surface area contributed by atoms with Gasteiger partial charge >= 0.3 is 0 Å². The molecular formula is C16H20BrN3O. The average Bonchev–Trinajstić information content (AvgIpc) is 2.47. The maximum Gasteiger partial charge on any atom is 0.134 e. The lowest BCUT2D eigenvalue weighted by molar-refractivity contribution is 0.273. The summed E-state index contributed by atoms with van der Waals surface area (Å²) in [7, 11) is 0. The van der Waals surface area contributed by atoms with Crippen LogP contribution in [0.25, 0.3) is 0 Å². The molecule has 1 heterocycles. The molecule has 0 saturated heterocycles. The number of aromatic nitrogens is 2. The summed E-state index contributed by atoms with van der Waals surface area (Å²) >= 11 is 3.41. The summed E-state index contributed by atoms with van der Waals surface area (Å²) < 4.78 is 0.750. The standard InChI is InChI=1S/C16H20BrN3O/c1-11(2)16-19-14(17)9-15(20-16)18-13(10-21)8-12-6-4-3-5-7-12/h3-7,9,11,13,21H,8,10H2,1-2H3,(H,18,19,20). The Morgan fingerprint density at radius 1 is 1.19 bits per heavy atom. The van der Waals surface area contributed by atoms with Crippen molar-refractivity contribution >= 4 is 21.7 Å². The first-order chi connectivity index (χ1) is 10.1. The molecule has 4 nitrogen and oxygen atoms in total. The Balaban J connectivity index is 2.11. The molecule has 1 aromatic heterocycles. The van der Waals surface area contributed by atoms with E-state index in [9.17, 15) is 5.11 Å². The summed E-state index contributed by atoms with van der Waals surface area (Å²) in [5.41, 5.74) is 1.18. The van der Waals surface area contributed by atoms with E-state index in [2.05, 4.69) is 57.2 Å². The van der Waals surface area contributed by atoms with Crippen LogP contribution in [0, 0.1) is 0 Å². The largest absolute Gasteiger partial charge is 0.394 e. The van der Waals surface area contributed by atoms with Gasteiger partial charge in [0.15, 0.2) is 0 Å². The van der Waals surface area contributed by atoms with E-state index in [1.807, 2.05) is 24.3 Å². The first kappa shape index (κ1) is 15.9. The zero-order valence-electron chi connectivity index (χ0n) is 12.3. The van der Waals surface area contributed by atoms with Gasteiger partial charge in [-0.05, 0) is 27.9 Å². The van der Waals surface area contributed by atoms with Gasteiger partial charge in [-0.2, -0.15) is 0 Å². The molecule has 0 fully saturated rings. The molecule has 0 aliphatic rings. The summed E-state index contributed by atoms with van der Waals surface area (Å²) in [6.07, 6.45) is 0.746. The van der Waals surface area contributed by atoms with Crippen LogP contribution < -0.4 is 5.32 Å². The Labute approximate surface area is 133 Å². The molecule has 1 unspecified atom stereocenters. The molecule has 0 amide bonds. The van der Waals surface area contributed by atoms with Crippen molar-refractivity contribution in [3.63, 3.8) is 0 Å². The van der Waals surface area contributed by atoms with E-state index in [0.29, 0.717) is 0 Å². The lowest BCUT2D eigenvalue weighted by Gasteiger charge is -2.18. The quantitative estimate of drug-likeness (QED) is 0.785. The molecule has 0 aliphatic heterocycles. The molecule has 112 valence electrons. The van der Waals surface area contributed by atoms with E-state index in [1.54, 1.807) is 0 Å². The van der Waals surface area contributed by atoms with Crippen molar-refractivity contribution in [2.45, 2.75) is 32.2 Å². The summed E-state index contributed by atoms with van der Waals surface area (Å²) in [4.78, 5) is 8.85. The van der Waals surface area contributed by atoms with Crippen molar-refractivity contribution in [1.82, 2.24) is 9.97 Å². The van der Waals surface area contributed by atoms with Crippen molar-refractivity contribution in [3.8, 4) is 0 Å². The second-order valence-electron chi connectivity index (χ2n) is 5.30. The number of benzene rings is 1. The Kier molecular flexibility index (Phi) is 5.70. The second kappa shape index (κ2) is 7.52. The van der Waals surface area contributed by atoms with Crippen LogP contribution in [0.3, 0.4) is 0 Å².